The molecule has 0 aromatic heterocycles. The van der Waals surface area contributed by atoms with Crippen LogP contribution in [-0.4, -0.2) is 11.5 Å². The van der Waals surface area contributed by atoms with Gasteiger partial charge in [0.05, 0.1) is 0 Å². The van der Waals surface area contributed by atoms with Crippen LogP contribution in [0, 0.1) is 5.92 Å². The standard InChI is InChI=1S/C12H19NS/c1-10(2)8-14-9-12(13)11-6-4-3-5-7-11/h3-7,10,12H,8-9,13H2,1-2H3. The fourth-order valence-corrected chi connectivity index (χ4v) is 2.28. The fraction of sp³-hybridized carbons (Fsp3) is 0.500. The molecule has 0 saturated carbocycles. The number of nitrogens with two attached hydrogens (primary N) is 1. The van der Waals surface area contributed by atoms with E-state index in [0.717, 1.165) is 11.7 Å². The number of hydrogen-bond donors (Lipinski definition) is 1. The smallest absolute Gasteiger partial charge is 0.0386 e. The number of rotatable bonds is 5. The lowest BCUT2D eigenvalue weighted by Crippen LogP contribution is -2.13. The summed E-state index contributed by atoms with van der Waals surface area (Å²) in [6.07, 6.45) is 0. The summed E-state index contributed by atoms with van der Waals surface area (Å²) in [5.41, 5.74) is 7.30. The largest absolute Gasteiger partial charge is 0.323 e. The van der Waals surface area contributed by atoms with Crippen LogP contribution >= 0.6 is 11.8 Å². The van der Waals surface area contributed by atoms with Gasteiger partial charge in [-0.2, -0.15) is 11.8 Å². The zero-order valence-corrected chi connectivity index (χ0v) is 9.76. The van der Waals surface area contributed by atoms with Crippen LogP contribution in [0.2, 0.25) is 0 Å². The van der Waals surface area contributed by atoms with E-state index in [4.69, 9.17) is 5.73 Å². The highest BCUT2D eigenvalue weighted by Crippen LogP contribution is 2.17. The van der Waals surface area contributed by atoms with E-state index in [-0.39, 0.29) is 6.04 Å². The molecule has 2 N–H and O–H groups in total. The molecule has 1 aromatic carbocycles. The molecule has 1 rings (SSSR count). The quantitative estimate of drug-likeness (QED) is 0.806. The molecule has 0 amide bonds. The van der Waals surface area contributed by atoms with Crippen LogP contribution in [0.3, 0.4) is 0 Å². The predicted octanol–water partition coefficient (Wildman–Crippen LogP) is 3.08. The lowest BCUT2D eigenvalue weighted by atomic mass is 10.1. The van der Waals surface area contributed by atoms with E-state index in [1.807, 2.05) is 30.0 Å². The molecule has 1 nitrogen and oxygen atoms in total. The van der Waals surface area contributed by atoms with Gasteiger partial charge < -0.3 is 5.73 Å². The minimum Gasteiger partial charge on any atom is -0.323 e. The lowest BCUT2D eigenvalue weighted by molar-refractivity contribution is 0.746. The lowest BCUT2D eigenvalue weighted by Gasteiger charge is -2.12. The SMILES string of the molecule is CC(C)CSCC(N)c1ccccc1. The van der Waals surface area contributed by atoms with Gasteiger partial charge in [-0.25, -0.2) is 0 Å². The van der Waals surface area contributed by atoms with Gasteiger partial charge in [-0.05, 0) is 17.2 Å². The molecule has 0 radical (unpaired) electrons. The first-order valence-electron chi connectivity index (χ1n) is 5.08. The van der Waals surface area contributed by atoms with E-state index >= 15 is 0 Å². The van der Waals surface area contributed by atoms with Gasteiger partial charge in [-0.1, -0.05) is 44.2 Å². The van der Waals surface area contributed by atoms with Gasteiger partial charge in [0.2, 0.25) is 0 Å². The van der Waals surface area contributed by atoms with Crippen LogP contribution in [0.25, 0.3) is 0 Å². The summed E-state index contributed by atoms with van der Waals surface area (Å²) in [6, 6.07) is 10.5. The summed E-state index contributed by atoms with van der Waals surface area (Å²) in [6.45, 7) is 4.47. The van der Waals surface area contributed by atoms with Gasteiger partial charge in [0, 0.05) is 11.8 Å². The number of benzene rings is 1. The average molecular weight is 209 g/mol. The average Bonchev–Trinajstić information content (AvgIpc) is 2.18. The highest BCUT2D eigenvalue weighted by molar-refractivity contribution is 7.99. The third kappa shape index (κ3) is 4.16. The Kier molecular flexibility index (Phi) is 5.05. The third-order valence-electron chi connectivity index (χ3n) is 1.98. The van der Waals surface area contributed by atoms with E-state index in [0.29, 0.717) is 0 Å². The first kappa shape index (κ1) is 11.6. The Morgan fingerprint density at radius 1 is 1.14 bits per heavy atom. The van der Waals surface area contributed by atoms with Crippen LogP contribution in [-0.2, 0) is 0 Å². The summed E-state index contributed by atoms with van der Waals surface area (Å²) >= 11 is 1.94. The summed E-state index contributed by atoms with van der Waals surface area (Å²) in [5.74, 6) is 2.96. The molecule has 2 heteroatoms. The minimum atomic E-state index is 0.181. The maximum Gasteiger partial charge on any atom is 0.0386 e. The second-order valence-corrected chi connectivity index (χ2v) is 5.02. The molecule has 0 aliphatic heterocycles. The highest BCUT2D eigenvalue weighted by Gasteiger charge is 2.05. The minimum absolute atomic E-state index is 0.181. The van der Waals surface area contributed by atoms with Gasteiger partial charge in [0.25, 0.3) is 0 Å². The molecule has 0 spiro atoms. The van der Waals surface area contributed by atoms with Gasteiger partial charge in [0.15, 0.2) is 0 Å². The zero-order valence-electron chi connectivity index (χ0n) is 8.94. The maximum absolute atomic E-state index is 6.06. The normalized spacial score (nSPS) is 13.1. The zero-order chi connectivity index (χ0) is 10.4. The van der Waals surface area contributed by atoms with Gasteiger partial charge in [-0.3, -0.25) is 0 Å². The Bertz CT molecular complexity index is 246. The van der Waals surface area contributed by atoms with Gasteiger partial charge >= 0.3 is 0 Å². The summed E-state index contributed by atoms with van der Waals surface area (Å²) < 4.78 is 0. The molecule has 78 valence electrons. The number of thioether (sulfide) groups is 1. The molecule has 0 aliphatic carbocycles. The second kappa shape index (κ2) is 6.10. The van der Waals surface area contributed by atoms with E-state index in [9.17, 15) is 0 Å². The monoisotopic (exact) mass is 209 g/mol. The molecular formula is C12H19NS. The Morgan fingerprint density at radius 2 is 1.79 bits per heavy atom. The highest BCUT2D eigenvalue weighted by atomic mass is 32.2. The van der Waals surface area contributed by atoms with Gasteiger partial charge in [0.1, 0.15) is 0 Å². The van der Waals surface area contributed by atoms with Crippen molar-refractivity contribution < 1.29 is 0 Å². The molecule has 0 bridgehead atoms. The van der Waals surface area contributed by atoms with Crippen molar-refractivity contribution in [1.29, 1.82) is 0 Å². The van der Waals surface area contributed by atoms with E-state index in [1.54, 1.807) is 0 Å². The summed E-state index contributed by atoms with van der Waals surface area (Å²) in [4.78, 5) is 0. The van der Waals surface area contributed by atoms with Crippen molar-refractivity contribution in [3.63, 3.8) is 0 Å². The van der Waals surface area contributed by atoms with Crippen LogP contribution in [0.5, 0.6) is 0 Å². The van der Waals surface area contributed by atoms with Crippen molar-refractivity contribution in [2.45, 2.75) is 19.9 Å². The van der Waals surface area contributed by atoms with Crippen molar-refractivity contribution in [3.8, 4) is 0 Å². The first-order valence-corrected chi connectivity index (χ1v) is 6.24. The molecule has 14 heavy (non-hydrogen) atoms. The molecular weight excluding hydrogens is 190 g/mol. The van der Waals surface area contributed by atoms with Crippen molar-refractivity contribution in [2.24, 2.45) is 11.7 Å². The predicted molar refractivity (Wildman–Crippen MR) is 65.5 cm³/mol. The van der Waals surface area contributed by atoms with E-state index < -0.39 is 0 Å². The Hall–Kier alpha value is -0.470. The van der Waals surface area contributed by atoms with E-state index in [2.05, 4.69) is 26.0 Å². The molecule has 0 saturated heterocycles. The molecule has 0 heterocycles. The summed E-state index contributed by atoms with van der Waals surface area (Å²) in [5, 5.41) is 0. The molecule has 0 aliphatic rings. The van der Waals surface area contributed by atoms with Crippen molar-refractivity contribution in [1.82, 2.24) is 0 Å². The van der Waals surface area contributed by atoms with Crippen molar-refractivity contribution in [3.05, 3.63) is 35.9 Å². The second-order valence-electron chi connectivity index (χ2n) is 3.95. The topological polar surface area (TPSA) is 26.0 Å². The first-order chi connectivity index (χ1) is 6.70. The Morgan fingerprint density at radius 3 is 2.36 bits per heavy atom. The van der Waals surface area contributed by atoms with Crippen LogP contribution in [0.1, 0.15) is 25.5 Å². The van der Waals surface area contributed by atoms with Crippen molar-refractivity contribution in [2.75, 3.05) is 11.5 Å². The van der Waals surface area contributed by atoms with Crippen LogP contribution in [0.4, 0.5) is 0 Å². The molecule has 1 atom stereocenters. The Labute approximate surface area is 91.1 Å². The van der Waals surface area contributed by atoms with Crippen LogP contribution in [0.15, 0.2) is 30.3 Å². The maximum atomic E-state index is 6.06. The molecule has 0 fully saturated rings. The number of hydrogen-bond acceptors (Lipinski definition) is 2. The van der Waals surface area contributed by atoms with E-state index in [1.165, 1.54) is 11.3 Å². The molecule has 1 unspecified atom stereocenters. The summed E-state index contributed by atoms with van der Waals surface area (Å²) in [7, 11) is 0. The fourth-order valence-electron chi connectivity index (χ4n) is 1.23. The van der Waals surface area contributed by atoms with Crippen LogP contribution < -0.4 is 5.73 Å². The molecule has 1 aromatic rings. The Balaban J connectivity index is 2.32. The van der Waals surface area contributed by atoms with Crippen molar-refractivity contribution >= 4 is 11.8 Å². The van der Waals surface area contributed by atoms with Gasteiger partial charge in [-0.15, -0.1) is 0 Å². The third-order valence-corrected chi connectivity index (χ3v) is 3.47.